The second-order valence-corrected chi connectivity index (χ2v) is 3.77. The van der Waals surface area contributed by atoms with Gasteiger partial charge in [0.2, 0.25) is 0 Å². The Balaban J connectivity index is 2.28. The molecule has 2 N–H and O–H groups in total. The molecule has 15 heavy (non-hydrogen) atoms. The molecular weight excluding hydrogens is 205 g/mol. The molecule has 0 bridgehead atoms. The number of benzene rings is 1. The molecule has 2 aromatic rings. The number of hydrogen-bond donors (Lipinski definition) is 2. The minimum Gasteiger partial charge on any atom is -0.341 e. The van der Waals surface area contributed by atoms with E-state index in [9.17, 15) is 0 Å². The molecule has 4 heteroatoms. The van der Waals surface area contributed by atoms with E-state index in [1.54, 1.807) is 0 Å². The van der Waals surface area contributed by atoms with Crippen LogP contribution >= 0.6 is 9.39 Å². The SMILES string of the molecule is C[C@H](NP)c1ncc(-c2ccccc2)[nH]1. The Morgan fingerprint density at radius 3 is 2.73 bits per heavy atom. The van der Waals surface area contributed by atoms with E-state index >= 15 is 0 Å². The van der Waals surface area contributed by atoms with Crippen molar-refractivity contribution in [3.8, 4) is 11.3 Å². The summed E-state index contributed by atoms with van der Waals surface area (Å²) in [7, 11) is 2.50. The van der Waals surface area contributed by atoms with Crippen LogP contribution in [0.2, 0.25) is 0 Å². The molecule has 0 saturated carbocycles. The smallest absolute Gasteiger partial charge is 0.123 e. The summed E-state index contributed by atoms with van der Waals surface area (Å²) in [5.74, 6) is 0.948. The molecule has 78 valence electrons. The van der Waals surface area contributed by atoms with Crippen LogP contribution in [-0.2, 0) is 0 Å². The lowest BCUT2D eigenvalue weighted by molar-refractivity contribution is 0.704. The molecule has 1 unspecified atom stereocenters. The second kappa shape index (κ2) is 4.56. The predicted octanol–water partition coefficient (Wildman–Crippen LogP) is 2.52. The highest BCUT2D eigenvalue weighted by atomic mass is 31.0. The Morgan fingerprint density at radius 1 is 1.33 bits per heavy atom. The van der Waals surface area contributed by atoms with Gasteiger partial charge in [-0.25, -0.2) is 4.98 Å². The summed E-state index contributed by atoms with van der Waals surface area (Å²) in [6.45, 7) is 2.06. The zero-order chi connectivity index (χ0) is 10.7. The molecule has 0 aliphatic heterocycles. The average Bonchev–Trinajstić information content (AvgIpc) is 2.78. The van der Waals surface area contributed by atoms with Crippen molar-refractivity contribution in [2.75, 3.05) is 0 Å². The summed E-state index contributed by atoms with van der Waals surface area (Å²) in [6.07, 6.45) is 1.86. The van der Waals surface area contributed by atoms with E-state index in [0.717, 1.165) is 17.1 Å². The molecule has 1 aromatic carbocycles. The molecule has 2 atom stereocenters. The third-order valence-electron chi connectivity index (χ3n) is 2.34. The maximum atomic E-state index is 4.33. The minimum atomic E-state index is 0.215. The first-order valence-corrected chi connectivity index (χ1v) is 5.45. The summed E-state index contributed by atoms with van der Waals surface area (Å²) < 4.78 is 0. The van der Waals surface area contributed by atoms with E-state index in [2.05, 4.69) is 43.5 Å². The summed E-state index contributed by atoms with van der Waals surface area (Å²) in [6, 6.07) is 10.4. The van der Waals surface area contributed by atoms with Gasteiger partial charge in [-0.1, -0.05) is 39.7 Å². The van der Waals surface area contributed by atoms with Crippen molar-refractivity contribution < 1.29 is 0 Å². The van der Waals surface area contributed by atoms with Gasteiger partial charge in [0.1, 0.15) is 5.82 Å². The van der Waals surface area contributed by atoms with Gasteiger partial charge < -0.3 is 4.98 Å². The maximum absolute atomic E-state index is 4.33. The van der Waals surface area contributed by atoms with Crippen LogP contribution in [0.5, 0.6) is 0 Å². The molecule has 0 aliphatic carbocycles. The van der Waals surface area contributed by atoms with Gasteiger partial charge in [0, 0.05) is 0 Å². The van der Waals surface area contributed by atoms with Crippen molar-refractivity contribution in [3.05, 3.63) is 42.4 Å². The lowest BCUT2D eigenvalue weighted by atomic mass is 10.2. The molecule has 0 radical (unpaired) electrons. The van der Waals surface area contributed by atoms with Crippen LogP contribution in [0.4, 0.5) is 0 Å². The zero-order valence-electron chi connectivity index (χ0n) is 8.57. The van der Waals surface area contributed by atoms with Crippen molar-refractivity contribution in [1.82, 2.24) is 15.1 Å². The normalized spacial score (nSPS) is 12.7. The van der Waals surface area contributed by atoms with Gasteiger partial charge in [-0.15, -0.1) is 0 Å². The fourth-order valence-corrected chi connectivity index (χ4v) is 1.56. The van der Waals surface area contributed by atoms with Crippen molar-refractivity contribution in [3.63, 3.8) is 0 Å². The molecule has 0 fully saturated rings. The second-order valence-electron chi connectivity index (χ2n) is 3.44. The molecule has 1 heterocycles. The van der Waals surface area contributed by atoms with Crippen LogP contribution < -0.4 is 5.09 Å². The highest BCUT2D eigenvalue weighted by Crippen LogP contribution is 2.18. The zero-order valence-corrected chi connectivity index (χ0v) is 9.72. The van der Waals surface area contributed by atoms with Gasteiger partial charge in [0.05, 0.1) is 17.9 Å². The van der Waals surface area contributed by atoms with Crippen molar-refractivity contribution >= 4 is 9.39 Å². The standard InChI is InChI=1S/C11H14N3P/c1-8(14-15)11-12-7-10(13-11)9-5-3-2-4-6-9/h2-8,14H,15H2,1H3,(H,12,13)/t8-/m0/s1. The minimum absolute atomic E-state index is 0.215. The first-order valence-electron chi connectivity index (χ1n) is 4.87. The lowest BCUT2D eigenvalue weighted by Gasteiger charge is -2.05. The topological polar surface area (TPSA) is 40.7 Å². The van der Waals surface area contributed by atoms with Crippen LogP contribution in [0, 0.1) is 0 Å². The summed E-state index contributed by atoms with van der Waals surface area (Å²) in [5, 5.41) is 3.07. The van der Waals surface area contributed by atoms with Crippen molar-refractivity contribution in [2.24, 2.45) is 0 Å². The van der Waals surface area contributed by atoms with E-state index in [0.29, 0.717) is 0 Å². The molecule has 0 spiro atoms. The highest BCUT2D eigenvalue weighted by Gasteiger charge is 2.07. The van der Waals surface area contributed by atoms with E-state index in [4.69, 9.17) is 0 Å². The fraction of sp³-hybridized carbons (Fsp3) is 0.182. The first-order chi connectivity index (χ1) is 7.31. The molecule has 0 saturated heterocycles. The third-order valence-corrected chi connectivity index (χ3v) is 2.84. The number of H-pyrrole nitrogens is 1. The van der Waals surface area contributed by atoms with Crippen LogP contribution in [0.25, 0.3) is 11.3 Å². The number of aromatic amines is 1. The Hall–Kier alpha value is -1.18. The van der Waals surface area contributed by atoms with Gasteiger partial charge in [-0.2, -0.15) is 0 Å². The van der Waals surface area contributed by atoms with E-state index in [1.165, 1.54) is 0 Å². The molecule has 2 rings (SSSR count). The summed E-state index contributed by atoms with van der Waals surface area (Å²) in [5.41, 5.74) is 2.21. The van der Waals surface area contributed by atoms with Gasteiger partial charge >= 0.3 is 0 Å². The molecular formula is C11H14N3P. The number of rotatable bonds is 3. The lowest BCUT2D eigenvalue weighted by Crippen LogP contribution is -2.07. The number of aromatic nitrogens is 2. The Kier molecular flexibility index (Phi) is 3.14. The highest BCUT2D eigenvalue weighted by molar-refractivity contribution is 7.13. The largest absolute Gasteiger partial charge is 0.341 e. The molecule has 0 aliphatic rings. The van der Waals surface area contributed by atoms with Crippen LogP contribution in [0.1, 0.15) is 18.8 Å². The Morgan fingerprint density at radius 2 is 2.07 bits per heavy atom. The van der Waals surface area contributed by atoms with E-state index in [-0.39, 0.29) is 6.04 Å². The number of nitrogens with zero attached hydrogens (tertiary/aromatic N) is 1. The van der Waals surface area contributed by atoms with Gasteiger partial charge in [0.15, 0.2) is 0 Å². The van der Waals surface area contributed by atoms with E-state index in [1.807, 2.05) is 24.4 Å². The number of nitrogens with one attached hydrogen (secondary N) is 2. The average molecular weight is 219 g/mol. The first kappa shape index (κ1) is 10.3. The third kappa shape index (κ3) is 2.25. The number of imidazole rings is 1. The van der Waals surface area contributed by atoms with Gasteiger partial charge in [-0.3, -0.25) is 5.09 Å². The Bertz CT molecular complexity index is 424. The van der Waals surface area contributed by atoms with Crippen molar-refractivity contribution in [2.45, 2.75) is 13.0 Å². The Labute approximate surface area is 91.6 Å². The van der Waals surface area contributed by atoms with Gasteiger partial charge in [0.25, 0.3) is 0 Å². The van der Waals surface area contributed by atoms with Crippen LogP contribution in [0.15, 0.2) is 36.5 Å². The molecule has 1 aromatic heterocycles. The maximum Gasteiger partial charge on any atom is 0.123 e. The summed E-state index contributed by atoms with van der Waals surface area (Å²) in [4.78, 5) is 7.63. The summed E-state index contributed by atoms with van der Waals surface area (Å²) >= 11 is 0. The quantitative estimate of drug-likeness (QED) is 0.779. The monoisotopic (exact) mass is 219 g/mol. The molecule has 0 amide bonds. The van der Waals surface area contributed by atoms with Crippen molar-refractivity contribution in [1.29, 1.82) is 0 Å². The molecule has 3 nitrogen and oxygen atoms in total. The van der Waals surface area contributed by atoms with Gasteiger partial charge in [-0.05, 0) is 12.5 Å². The van der Waals surface area contributed by atoms with Crippen LogP contribution in [-0.4, -0.2) is 9.97 Å². The fourth-order valence-electron chi connectivity index (χ4n) is 1.40. The van der Waals surface area contributed by atoms with E-state index < -0.39 is 0 Å². The predicted molar refractivity (Wildman–Crippen MR) is 65.3 cm³/mol. The van der Waals surface area contributed by atoms with Crippen LogP contribution in [0.3, 0.4) is 0 Å². The number of hydrogen-bond acceptors (Lipinski definition) is 2.